The van der Waals surface area contributed by atoms with Gasteiger partial charge in [-0.2, -0.15) is 0 Å². The molecule has 0 unspecified atom stereocenters. The Hall–Kier alpha value is -2.82. The minimum atomic E-state index is -0.542. The lowest BCUT2D eigenvalue weighted by Crippen LogP contribution is -2.34. The highest BCUT2D eigenvalue weighted by atomic mass is 16.6. The number of benzene rings is 2. The van der Waals surface area contributed by atoms with Crippen molar-refractivity contribution in [2.75, 3.05) is 5.32 Å². The van der Waals surface area contributed by atoms with E-state index in [0.717, 1.165) is 29.4 Å². The van der Waals surface area contributed by atoms with Gasteiger partial charge in [0.05, 0.1) is 10.9 Å². The number of fused-ring (bicyclic) bond motifs is 2. The summed E-state index contributed by atoms with van der Waals surface area (Å²) in [4.78, 5) is 12.4. The van der Waals surface area contributed by atoms with Crippen LogP contribution >= 0.6 is 0 Å². The van der Waals surface area contributed by atoms with Gasteiger partial charge in [-0.1, -0.05) is 45.9 Å². The smallest absolute Gasteiger partial charge is 0.389 e. The van der Waals surface area contributed by atoms with Crippen molar-refractivity contribution >= 4 is 22.7 Å². The lowest BCUT2D eigenvalue weighted by atomic mass is 9.63. The largest absolute Gasteiger partial charge is 0.418 e. The Kier molecular flexibility index (Phi) is 3.98. The SMILES string of the molecule is CC1(C)CCC(C)(C)c2cc(NC(=O)Oc3n[nH]c4ccccc34)ccc21. The van der Waals surface area contributed by atoms with Crippen molar-refractivity contribution in [1.29, 1.82) is 0 Å². The van der Waals surface area contributed by atoms with Gasteiger partial charge in [-0.15, -0.1) is 5.10 Å². The third-order valence-electron chi connectivity index (χ3n) is 5.72. The number of hydrogen-bond donors (Lipinski definition) is 2. The normalized spacial score (nSPS) is 17.3. The maximum Gasteiger partial charge on any atom is 0.418 e. The summed E-state index contributed by atoms with van der Waals surface area (Å²) in [5.41, 5.74) is 4.46. The second-order valence-electron chi connectivity index (χ2n) is 8.62. The molecule has 5 heteroatoms. The van der Waals surface area contributed by atoms with E-state index in [1.54, 1.807) is 0 Å². The van der Waals surface area contributed by atoms with Gasteiger partial charge in [0, 0.05) is 5.69 Å². The number of ether oxygens (including phenoxy) is 1. The molecule has 0 spiro atoms. The molecule has 2 N–H and O–H groups in total. The molecule has 0 saturated heterocycles. The number of carbonyl (C=O) groups is 1. The van der Waals surface area contributed by atoms with Crippen LogP contribution in [0.3, 0.4) is 0 Å². The average Bonchev–Trinajstić information content (AvgIpc) is 3.02. The molecule has 140 valence electrons. The number of rotatable bonds is 2. The molecule has 27 heavy (non-hydrogen) atoms. The molecule has 1 aliphatic carbocycles. The number of carbonyl (C=O) groups excluding carboxylic acids is 1. The number of amides is 1. The van der Waals surface area contributed by atoms with Crippen molar-refractivity contribution in [3.8, 4) is 5.88 Å². The molecular formula is C22H25N3O2. The van der Waals surface area contributed by atoms with Gasteiger partial charge in [0.1, 0.15) is 0 Å². The van der Waals surface area contributed by atoms with Crippen LogP contribution in [0.4, 0.5) is 10.5 Å². The van der Waals surface area contributed by atoms with E-state index >= 15 is 0 Å². The summed E-state index contributed by atoms with van der Waals surface area (Å²) < 4.78 is 5.42. The van der Waals surface area contributed by atoms with Crippen LogP contribution in [0.25, 0.3) is 10.9 Å². The fourth-order valence-corrected chi connectivity index (χ4v) is 3.91. The molecule has 1 aliphatic rings. The number of nitrogens with one attached hydrogen (secondary N) is 2. The fraction of sp³-hybridized carbons (Fsp3) is 0.364. The highest BCUT2D eigenvalue weighted by Crippen LogP contribution is 2.46. The van der Waals surface area contributed by atoms with Gasteiger partial charge in [0.25, 0.3) is 5.88 Å². The molecule has 0 aliphatic heterocycles. The first-order valence-corrected chi connectivity index (χ1v) is 9.33. The second kappa shape index (κ2) is 6.12. The average molecular weight is 363 g/mol. The van der Waals surface area contributed by atoms with Crippen molar-refractivity contribution in [3.63, 3.8) is 0 Å². The van der Waals surface area contributed by atoms with E-state index in [-0.39, 0.29) is 16.7 Å². The van der Waals surface area contributed by atoms with Crippen LogP contribution in [0.5, 0.6) is 5.88 Å². The summed E-state index contributed by atoms with van der Waals surface area (Å²) >= 11 is 0. The van der Waals surface area contributed by atoms with E-state index in [0.29, 0.717) is 0 Å². The third-order valence-corrected chi connectivity index (χ3v) is 5.72. The summed E-state index contributed by atoms with van der Waals surface area (Å²) in [5.74, 6) is 0.280. The molecule has 0 atom stereocenters. The first-order valence-electron chi connectivity index (χ1n) is 9.33. The number of H-pyrrole nitrogens is 1. The lowest BCUT2D eigenvalue weighted by Gasteiger charge is -2.42. The molecule has 3 aromatic rings. The van der Waals surface area contributed by atoms with Gasteiger partial charge in [-0.3, -0.25) is 10.4 Å². The van der Waals surface area contributed by atoms with Gasteiger partial charge in [-0.05, 0) is 59.1 Å². The molecule has 4 rings (SSSR count). The topological polar surface area (TPSA) is 67.0 Å². The molecule has 1 amide bonds. The van der Waals surface area contributed by atoms with Gasteiger partial charge >= 0.3 is 6.09 Å². The Morgan fingerprint density at radius 3 is 2.52 bits per heavy atom. The first-order chi connectivity index (χ1) is 12.8. The van der Waals surface area contributed by atoms with E-state index in [9.17, 15) is 4.79 Å². The Bertz CT molecular complexity index is 1020. The Morgan fingerprint density at radius 1 is 1.04 bits per heavy atom. The zero-order valence-electron chi connectivity index (χ0n) is 16.2. The van der Waals surface area contributed by atoms with Gasteiger partial charge in [-0.25, -0.2) is 4.79 Å². The standard InChI is InChI=1S/C22H25N3O2/c1-21(2)11-12-22(3,4)17-13-14(9-10-16(17)21)23-20(26)27-19-15-7-5-6-8-18(15)24-25-19/h5-10,13H,11-12H2,1-4H3,(H,23,26)(H,24,25). The highest BCUT2D eigenvalue weighted by molar-refractivity contribution is 5.90. The number of hydrogen-bond acceptors (Lipinski definition) is 3. The molecule has 0 fully saturated rings. The van der Waals surface area contributed by atoms with Crippen LogP contribution < -0.4 is 10.1 Å². The molecule has 5 nitrogen and oxygen atoms in total. The molecular weight excluding hydrogens is 338 g/mol. The number of aromatic amines is 1. The number of nitrogens with zero attached hydrogens (tertiary/aromatic N) is 1. The Labute approximate surface area is 159 Å². The molecule has 1 heterocycles. The maximum absolute atomic E-state index is 12.4. The fourth-order valence-electron chi connectivity index (χ4n) is 3.91. The summed E-state index contributed by atoms with van der Waals surface area (Å²) in [5, 5.41) is 10.6. The van der Waals surface area contributed by atoms with Crippen LogP contribution in [0, 0.1) is 0 Å². The summed E-state index contributed by atoms with van der Waals surface area (Å²) in [7, 11) is 0. The zero-order chi connectivity index (χ0) is 19.2. The molecule has 0 saturated carbocycles. The van der Waals surface area contributed by atoms with E-state index in [2.05, 4.69) is 55.3 Å². The van der Waals surface area contributed by atoms with Crippen LogP contribution in [0.2, 0.25) is 0 Å². The van der Waals surface area contributed by atoms with Gasteiger partial charge in [0.15, 0.2) is 0 Å². The van der Waals surface area contributed by atoms with E-state index in [1.165, 1.54) is 11.1 Å². The Morgan fingerprint density at radius 2 is 1.74 bits per heavy atom. The predicted molar refractivity (Wildman–Crippen MR) is 107 cm³/mol. The van der Waals surface area contributed by atoms with Crippen LogP contribution in [-0.2, 0) is 10.8 Å². The van der Waals surface area contributed by atoms with Crippen molar-refractivity contribution in [2.45, 2.75) is 51.4 Å². The highest BCUT2D eigenvalue weighted by Gasteiger charge is 2.37. The summed E-state index contributed by atoms with van der Waals surface area (Å²) in [6.45, 7) is 9.09. The van der Waals surface area contributed by atoms with Crippen LogP contribution in [0.15, 0.2) is 42.5 Å². The maximum atomic E-state index is 12.4. The minimum absolute atomic E-state index is 0.0881. The number of para-hydroxylation sites is 1. The Balaban J connectivity index is 1.57. The van der Waals surface area contributed by atoms with Crippen molar-refractivity contribution in [2.24, 2.45) is 0 Å². The van der Waals surface area contributed by atoms with Crippen molar-refractivity contribution in [3.05, 3.63) is 53.6 Å². The monoisotopic (exact) mass is 363 g/mol. The lowest BCUT2D eigenvalue weighted by molar-refractivity contribution is 0.214. The number of anilines is 1. The van der Waals surface area contributed by atoms with Crippen molar-refractivity contribution < 1.29 is 9.53 Å². The van der Waals surface area contributed by atoms with Crippen LogP contribution in [-0.4, -0.2) is 16.3 Å². The van der Waals surface area contributed by atoms with Crippen molar-refractivity contribution in [1.82, 2.24) is 10.2 Å². The van der Waals surface area contributed by atoms with E-state index in [4.69, 9.17) is 4.74 Å². The molecule has 2 aromatic carbocycles. The molecule has 0 radical (unpaired) electrons. The molecule has 1 aromatic heterocycles. The number of aromatic nitrogens is 2. The summed E-state index contributed by atoms with van der Waals surface area (Å²) in [6, 6.07) is 13.7. The van der Waals surface area contributed by atoms with E-state index < -0.39 is 6.09 Å². The molecule has 0 bridgehead atoms. The van der Waals surface area contributed by atoms with Gasteiger partial charge in [0.2, 0.25) is 0 Å². The zero-order valence-corrected chi connectivity index (χ0v) is 16.2. The van der Waals surface area contributed by atoms with Crippen LogP contribution in [0.1, 0.15) is 51.7 Å². The quantitative estimate of drug-likeness (QED) is 0.630. The van der Waals surface area contributed by atoms with Gasteiger partial charge < -0.3 is 4.74 Å². The van der Waals surface area contributed by atoms with E-state index in [1.807, 2.05) is 30.3 Å². The first kappa shape index (κ1) is 17.6. The predicted octanol–water partition coefficient (Wildman–Crippen LogP) is 5.52. The second-order valence-corrected chi connectivity index (χ2v) is 8.62. The minimum Gasteiger partial charge on any atom is -0.389 e. The summed E-state index contributed by atoms with van der Waals surface area (Å²) in [6.07, 6.45) is 1.74. The third kappa shape index (κ3) is 3.18.